The highest BCUT2D eigenvalue weighted by Crippen LogP contribution is 2.16. The lowest BCUT2D eigenvalue weighted by Crippen LogP contribution is -2.25. The first-order valence-corrected chi connectivity index (χ1v) is 5.73. The fourth-order valence-corrected chi connectivity index (χ4v) is 1.86. The molecule has 1 N–H and O–H groups in total. The minimum atomic E-state index is -1.28. The third kappa shape index (κ3) is 2.82. The van der Waals surface area contributed by atoms with Crippen LogP contribution in [0.5, 0.6) is 0 Å². The Balaban J connectivity index is 2.38. The van der Waals surface area contributed by atoms with Gasteiger partial charge in [-0.2, -0.15) is 0 Å². The van der Waals surface area contributed by atoms with Gasteiger partial charge in [0, 0.05) is 6.20 Å². The zero-order valence-electron chi connectivity index (χ0n) is 9.64. The molecule has 0 fully saturated rings. The lowest BCUT2D eigenvalue weighted by atomic mass is 10.2. The van der Waals surface area contributed by atoms with Crippen LogP contribution in [-0.4, -0.2) is 15.6 Å². The van der Waals surface area contributed by atoms with Crippen molar-refractivity contribution >= 4 is 17.6 Å². The molecule has 0 radical (unpaired) electrons. The van der Waals surface area contributed by atoms with Crippen molar-refractivity contribution in [3.63, 3.8) is 0 Å². The second-order valence-electron chi connectivity index (χ2n) is 3.91. The van der Waals surface area contributed by atoms with Gasteiger partial charge in [0.15, 0.2) is 0 Å². The molecule has 0 saturated heterocycles. The first-order chi connectivity index (χ1) is 8.99. The number of pyridine rings is 1. The summed E-state index contributed by atoms with van der Waals surface area (Å²) in [7, 11) is 0. The van der Waals surface area contributed by atoms with E-state index < -0.39 is 17.3 Å². The van der Waals surface area contributed by atoms with E-state index in [1.165, 1.54) is 41.1 Å². The van der Waals surface area contributed by atoms with E-state index in [-0.39, 0.29) is 17.1 Å². The molecular weight excluding hydrogens is 273 g/mol. The van der Waals surface area contributed by atoms with Crippen LogP contribution >= 0.6 is 11.6 Å². The fourth-order valence-electron chi connectivity index (χ4n) is 1.66. The van der Waals surface area contributed by atoms with Gasteiger partial charge < -0.3 is 9.67 Å². The number of carboxylic acid groups (broad SMARTS) is 1. The molecule has 1 heterocycles. The molecule has 6 heteroatoms. The topological polar surface area (TPSA) is 59.3 Å². The molecule has 4 nitrogen and oxygen atoms in total. The van der Waals surface area contributed by atoms with E-state index in [9.17, 15) is 14.0 Å². The zero-order chi connectivity index (χ0) is 14.0. The van der Waals surface area contributed by atoms with Gasteiger partial charge in [-0.3, -0.25) is 4.79 Å². The molecule has 19 heavy (non-hydrogen) atoms. The summed E-state index contributed by atoms with van der Waals surface area (Å²) in [6.07, 6.45) is 1.46. The molecule has 2 aromatic rings. The quantitative estimate of drug-likeness (QED) is 0.940. The number of benzene rings is 1. The molecule has 0 atom stereocenters. The number of aromatic nitrogens is 1. The van der Waals surface area contributed by atoms with Crippen molar-refractivity contribution in [1.82, 2.24) is 4.57 Å². The molecule has 98 valence electrons. The lowest BCUT2D eigenvalue weighted by molar-refractivity contribution is 0.0694. The molecule has 0 aliphatic carbocycles. The van der Waals surface area contributed by atoms with Crippen LogP contribution in [0.3, 0.4) is 0 Å². The summed E-state index contributed by atoms with van der Waals surface area (Å²) in [6.45, 7) is 0.125. The lowest BCUT2D eigenvalue weighted by Gasteiger charge is -2.07. The number of halogens is 2. The Morgan fingerprint density at radius 3 is 2.74 bits per heavy atom. The molecule has 2 rings (SSSR count). The van der Waals surface area contributed by atoms with Gasteiger partial charge in [-0.25, -0.2) is 9.18 Å². The maximum atomic E-state index is 13.0. The average Bonchev–Trinajstić information content (AvgIpc) is 2.36. The van der Waals surface area contributed by atoms with Gasteiger partial charge in [0.2, 0.25) is 0 Å². The minimum Gasteiger partial charge on any atom is -0.477 e. The Morgan fingerprint density at radius 1 is 1.37 bits per heavy atom. The molecule has 0 aliphatic rings. The Hall–Kier alpha value is -2.14. The number of carboxylic acids is 1. The van der Waals surface area contributed by atoms with Gasteiger partial charge in [-0.05, 0) is 29.8 Å². The van der Waals surface area contributed by atoms with Gasteiger partial charge in [0.05, 0.1) is 11.6 Å². The molecule has 0 unspecified atom stereocenters. The van der Waals surface area contributed by atoms with Gasteiger partial charge in [-0.1, -0.05) is 17.7 Å². The molecule has 0 saturated carbocycles. The van der Waals surface area contributed by atoms with Crippen LogP contribution < -0.4 is 5.56 Å². The third-order valence-electron chi connectivity index (χ3n) is 2.59. The zero-order valence-corrected chi connectivity index (χ0v) is 10.4. The van der Waals surface area contributed by atoms with Gasteiger partial charge in [0.25, 0.3) is 5.56 Å². The summed E-state index contributed by atoms with van der Waals surface area (Å²) in [5, 5.41) is 8.81. The largest absolute Gasteiger partial charge is 0.477 e. The number of hydrogen-bond donors (Lipinski definition) is 1. The summed E-state index contributed by atoms with van der Waals surface area (Å²) in [6, 6.07) is 6.79. The Morgan fingerprint density at radius 2 is 2.11 bits per heavy atom. The van der Waals surface area contributed by atoms with Crippen molar-refractivity contribution in [3.05, 3.63) is 68.8 Å². The van der Waals surface area contributed by atoms with Gasteiger partial charge >= 0.3 is 5.97 Å². The summed E-state index contributed by atoms with van der Waals surface area (Å²) in [4.78, 5) is 22.7. The van der Waals surface area contributed by atoms with E-state index in [2.05, 4.69) is 0 Å². The normalized spacial score (nSPS) is 10.4. The van der Waals surface area contributed by atoms with Crippen molar-refractivity contribution in [2.45, 2.75) is 6.54 Å². The van der Waals surface area contributed by atoms with Gasteiger partial charge in [0.1, 0.15) is 11.4 Å². The maximum Gasteiger partial charge on any atom is 0.341 e. The molecular formula is C13H9ClFNO3. The number of rotatable bonds is 3. The molecule has 1 aromatic heterocycles. The van der Waals surface area contributed by atoms with Crippen LogP contribution in [0.1, 0.15) is 15.9 Å². The predicted octanol–water partition coefficient (Wildman–Crippen LogP) is 2.39. The first kappa shape index (κ1) is 13.3. The number of carbonyl (C=O) groups is 1. The summed E-state index contributed by atoms with van der Waals surface area (Å²) in [5.74, 6) is -1.83. The fraction of sp³-hybridized carbons (Fsp3) is 0.0769. The van der Waals surface area contributed by atoms with Crippen molar-refractivity contribution in [3.8, 4) is 0 Å². The Labute approximate surface area is 112 Å². The van der Waals surface area contributed by atoms with Crippen LogP contribution in [0.4, 0.5) is 4.39 Å². The molecule has 0 bridgehead atoms. The second kappa shape index (κ2) is 5.24. The summed E-state index contributed by atoms with van der Waals surface area (Å²) >= 11 is 5.65. The average molecular weight is 282 g/mol. The minimum absolute atomic E-state index is 0.0417. The van der Waals surface area contributed by atoms with Gasteiger partial charge in [-0.15, -0.1) is 0 Å². The summed E-state index contributed by atoms with van der Waals surface area (Å²) < 4.78 is 14.2. The SMILES string of the molecule is O=C(O)c1cccn(Cc2ccc(F)c(Cl)c2)c1=O. The van der Waals surface area contributed by atoms with E-state index in [1.54, 1.807) is 0 Å². The van der Waals surface area contributed by atoms with E-state index in [0.717, 1.165) is 0 Å². The predicted molar refractivity (Wildman–Crippen MR) is 68.2 cm³/mol. The number of aromatic carboxylic acids is 1. The van der Waals surface area contributed by atoms with E-state index in [4.69, 9.17) is 16.7 Å². The smallest absolute Gasteiger partial charge is 0.341 e. The maximum absolute atomic E-state index is 13.0. The molecule has 0 aliphatic heterocycles. The van der Waals surface area contributed by atoms with Crippen LogP contribution in [0, 0.1) is 5.82 Å². The molecule has 0 spiro atoms. The second-order valence-corrected chi connectivity index (χ2v) is 4.32. The van der Waals surface area contributed by atoms with E-state index in [1.807, 2.05) is 0 Å². The van der Waals surface area contributed by atoms with E-state index in [0.29, 0.717) is 5.56 Å². The number of nitrogens with zero attached hydrogens (tertiary/aromatic N) is 1. The van der Waals surface area contributed by atoms with Crippen LogP contribution in [0.2, 0.25) is 5.02 Å². The summed E-state index contributed by atoms with van der Waals surface area (Å²) in [5.41, 5.74) is -0.317. The number of hydrogen-bond acceptors (Lipinski definition) is 2. The highest BCUT2D eigenvalue weighted by atomic mass is 35.5. The van der Waals surface area contributed by atoms with Crippen LogP contribution in [0.25, 0.3) is 0 Å². The third-order valence-corrected chi connectivity index (χ3v) is 2.88. The highest BCUT2D eigenvalue weighted by molar-refractivity contribution is 6.30. The van der Waals surface area contributed by atoms with Crippen molar-refractivity contribution in [2.75, 3.05) is 0 Å². The van der Waals surface area contributed by atoms with Crippen molar-refractivity contribution in [1.29, 1.82) is 0 Å². The highest BCUT2D eigenvalue weighted by Gasteiger charge is 2.10. The van der Waals surface area contributed by atoms with Crippen LogP contribution in [0.15, 0.2) is 41.3 Å². The van der Waals surface area contributed by atoms with Crippen molar-refractivity contribution < 1.29 is 14.3 Å². The van der Waals surface area contributed by atoms with Crippen molar-refractivity contribution in [2.24, 2.45) is 0 Å². The standard InChI is InChI=1S/C13H9ClFNO3/c14-10-6-8(3-4-11(10)15)7-16-5-1-2-9(12(16)17)13(18)19/h1-6H,7H2,(H,18,19). The molecule has 0 amide bonds. The molecule has 1 aromatic carbocycles. The first-order valence-electron chi connectivity index (χ1n) is 5.35. The monoisotopic (exact) mass is 281 g/mol. The van der Waals surface area contributed by atoms with Crippen LogP contribution in [-0.2, 0) is 6.54 Å². The Kier molecular flexibility index (Phi) is 3.66. The Bertz CT molecular complexity index is 697. The van der Waals surface area contributed by atoms with E-state index >= 15 is 0 Å².